The van der Waals surface area contributed by atoms with Gasteiger partial charge in [0.1, 0.15) is 4.83 Å². The summed E-state index contributed by atoms with van der Waals surface area (Å²) >= 11 is 1.14. The number of hydrogen-bond acceptors (Lipinski definition) is 6. The molecule has 1 aliphatic rings. The molecule has 0 aromatic carbocycles. The van der Waals surface area contributed by atoms with Crippen LogP contribution in [0.5, 0.6) is 0 Å². The second kappa shape index (κ2) is 5.03. The number of nitrogens with zero attached hydrogens (tertiary/aromatic N) is 4. The van der Waals surface area contributed by atoms with Gasteiger partial charge in [0.25, 0.3) is 5.89 Å². The number of hydrogen-bond donors (Lipinski definition) is 0. The van der Waals surface area contributed by atoms with Crippen LogP contribution in [0.3, 0.4) is 0 Å². The SMILES string of the molecule is Cn1nc(C(F)(F)F)c2cc(-c3nc([C@@H]4CCOC4)no3)sc21. The van der Waals surface area contributed by atoms with Crippen molar-refractivity contribution < 1.29 is 22.4 Å². The number of halogens is 3. The van der Waals surface area contributed by atoms with Gasteiger partial charge in [-0.25, -0.2) is 0 Å². The Morgan fingerprint density at radius 3 is 2.91 bits per heavy atom. The molecule has 0 spiro atoms. The molecule has 122 valence electrons. The molecule has 0 aliphatic carbocycles. The Hall–Kier alpha value is -1.94. The van der Waals surface area contributed by atoms with Crippen LogP contribution in [0.2, 0.25) is 0 Å². The highest BCUT2D eigenvalue weighted by molar-refractivity contribution is 7.21. The summed E-state index contributed by atoms with van der Waals surface area (Å²) < 4.78 is 50.7. The summed E-state index contributed by atoms with van der Waals surface area (Å²) in [5, 5.41) is 7.51. The molecule has 4 rings (SSSR count). The van der Waals surface area contributed by atoms with Crippen molar-refractivity contribution in [3.63, 3.8) is 0 Å². The molecule has 1 atom stereocenters. The van der Waals surface area contributed by atoms with Crippen molar-refractivity contribution in [2.45, 2.75) is 18.5 Å². The highest BCUT2D eigenvalue weighted by Crippen LogP contribution is 2.40. The van der Waals surface area contributed by atoms with E-state index in [4.69, 9.17) is 9.26 Å². The third-order valence-electron chi connectivity index (χ3n) is 3.73. The van der Waals surface area contributed by atoms with Crippen LogP contribution < -0.4 is 0 Å². The summed E-state index contributed by atoms with van der Waals surface area (Å²) in [7, 11) is 1.48. The normalized spacial score (nSPS) is 19.0. The smallest absolute Gasteiger partial charge is 0.381 e. The Labute approximate surface area is 131 Å². The minimum atomic E-state index is -4.50. The highest BCUT2D eigenvalue weighted by Gasteiger charge is 2.37. The van der Waals surface area contributed by atoms with E-state index in [1.807, 2.05) is 0 Å². The summed E-state index contributed by atoms with van der Waals surface area (Å²) in [6.45, 7) is 1.19. The molecular formula is C13H11F3N4O2S. The molecule has 1 aliphatic heterocycles. The molecule has 0 bridgehead atoms. The summed E-state index contributed by atoms with van der Waals surface area (Å²) in [5.41, 5.74) is -0.901. The van der Waals surface area contributed by atoms with E-state index in [9.17, 15) is 13.2 Å². The Morgan fingerprint density at radius 2 is 2.22 bits per heavy atom. The first-order valence-corrected chi connectivity index (χ1v) is 7.70. The van der Waals surface area contributed by atoms with Gasteiger partial charge in [-0.15, -0.1) is 11.3 Å². The first-order chi connectivity index (χ1) is 10.9. The van der Waals surface area contributed by atoms with Gasteiger partial charge >= 0.3 is 6.18 Å². The fraction of sp³-hybridized carbons (Fsp3) is 0.462. The lowest BCUT2D eigenvalue weighted by Gasteiger charge is -2.00. The van der Waals surface area contributed by atoms with Crippen molar-refractivity contribution in [2.75, 3.05) is 13.2 Å². The Morgan fingerprint density at radius 1 is 1.39 bits per heavy atom. The van der Waals surface area contributed by atoms with Crippen LogP contribution in [0.1, 0.15) is 23.9 Å². The van der Waals surface area contributed by atoms with Crippen LogP contribution in [0.15, 0.2) is 10.6 Å². The molecule has 6 nitrogen and oxygen atoms in total. The van der Waals surface area contributed by atoms with Crippen molar-refractivity contribution >= 4 is 21.6 Å². The quantitative estimate of drug-likeness (QED) is 0.714. The molecule has 1 saturated heterocycles. The van der Waals surface area contributed by atoms with Crippen LogP contribution >= 0.6 is 11.3 Å². The van der Waals surface area contributed by atoms with Gasteiger partial charge in [-0.3, -0.25) is 4.68 Å². The van der Waals surface area contributed by atoms with Gasteiger partial charge in [-0.2, -0.15) is 23.3 Å². The zero-order chi connectivity index (χ0) is 16.2. The summed E-state index contributed by atoms with van der Waals surface area (Å²) in [4.78, 5) is 5.21. The first-order valence-electron chi connectivity index (χ1n) is 6.89. The lowest BCUT2D eigenvalue weighted by molar-refractivity contribution is -0.140. The number of alkyl halides is 3. The van der Waals surface area contributed by atoms with Crippen LogP contribution in [-0.4, -0.2) is 33.1 Å². The molecule has 1 fully saturated rings. The van der Waals surface area contributed by atoms with Crippen molar-refractivity contribution in [2.24, 2.45) is 7.05 Å². The lowest BCUT2D eigenvalue weighted by atomic mass is 10.1. The summed E-state index contributed by atoms with van der Waals surface area (Å²) in [5.74, 6) is 0.833. The highest BCUT2D eigenvalue weighted by atomic mass is 32.1. The second-order valence-corrected chi connectivity index (χ2v) is 6.35. The maximum Gasteiger partial charge on any atom is 0.435 e. The monoisotopic (exact) mass is 344 g/mol. The summed E-state index contributed by atoms with van der Waals surface area (Å²) in [6.07, 6.45) is -3.69. The molecule has 23 heavy (non-hydrogen) atoms. The van der Waals surface area contributed by atoms with Crippen molar-refractivity contribution in [1.82, 2.24) is 19.9 Å². The largest absolute Gasteiger partial charge is 0.435 e. The fourth-order valence-electron chi connectivity index (χ4n) is 2.59. The van der Waals surface area contributed by atoms with Gasteiger partial charge in [0.2, 0.25) is 0 Å². The van der Waals surface area contributed by atoms with E-state index in [0.717, 1.165) is 17.8 Å². The maximum atomic E-state index is 13.0. The third kappa shape index (κ3) is 2.41. The van der Waals surface area contributed by atoms with Gasteiger partial charge in [0.05, 0.1) is 11.5 Å². The molecule has 3 aromatic rings. The standard InChI is InChI=1S/C13H11F3N4O2S/c1-20-12-7(9(18-20)13(14,15)16)4-8(23-12)11-17-10(19-22-11)6-2-3-21-5-6/h4,6H,2-3,5H2,1H3/t6-/m1/s1. The summed E-state index contributed by atoms with van der Waals surface area (Å²) in [6, 6.07) is 1.40. The van der Waals surface area contributed by atoms with E-state index in [2.05, 4.69) is 15.2 Å². The van der Waals surface area contributed by atoms with Gasteiger partial charge in [0, 0.05) is 25.0 Å². The van der Waals surface area contributed by atoms with Gasteiger partial charge in [-0.1, -0.05) is 5.16 Å². The van der Waals surface area contributed by atoms with Crippen molar-refractivity contribution in [3.8, 4) is 10.8 Å². The molecule has 0 amide bonds. The average Bonchev–Trinajstić information content (AvgIpc) is 3.23. The lowest BCUT2D eigenvalue weighted by Crippen LogP contribution is -2.07. The number of aryl methyl sites for hydroxylation is 1. The van der Waals surface area contributed by atoms with Crippen molar-refractivity contribution in [1.29, 1.82) is 0 Å². The van der Waals surface area contributed by atoms with E-state index >= 15 is 0 Å². The van der Waals surface area contributed by atoms with E-state index in [0.29, 0.717) is 28.7 Å². The molecule has 4 heterocycles. The number of fused-ring (bicyclic) bond motifs is 1. The Kier molecular flexibility index (Phi) is 3.20. The number of aromatic nitrogens is 4. The third-order valence-corrected chi connectivity index (χ3v) is 4.92. The van der Waals surface area contributed by atoms with Crippen molar-refractivity contribution in [3.05, 3.63) is 17.6 Å². The molecule has 0 N–H and O–H groups in total. The molecule has 0 radical (unpaired) electrons. The Bertz CT molecular complexity index is 860. The van der Waals surface area contributed by atoms with Gasteiger partial charge in [-0.05, 0) is 12.5 Å². The van der Waals surface area contributed by atoms with E-state index in [1.54, 1.807) is 0 Å². The second-order valence-electron chi connectivity index (χ2n) is 5.32. The van der Waals surface area contributed by atoms with Crippen LogP contribution in [0, 0.1) is 0 Å². The van der Waals surface area contributed by atoms with Gasteiger partial charge in [0.15, 0.2) is 11.5 Å². The number of ether oxygens (including phenoxy) is 1. The van der Waals surface area contributed by atoms with Crippen LogP contribution in [0.4, 0.5) is 13.2 Å². The minimum absolute atomic E-state index is 0.0453. The van der Waals surface area contributed by atoms with Crippen LogP contribution in [-0.2, 0) is 18.0 Å². The predicted molar refractivity (Wildman–Crippen MR) is 75.1 cm³/mol. The molecule has 0 unspecified atom stereocenters. The maximum absolute atomic E-state index is 13.0. The molecule has 10 heteroatoms. The van der Waals surface area contributed by atoms with Crippen LogP contribution in [0.25, 0.3) is 21.0 Å². The van der Waals surface area contributed by atoms with E-state index in [1.165, 1.54) is 17.8 Å². The predicted octanol–water partition coefficient (Wildman–Crippen LogP) is 3.21. The topological polar surface area (TPSA) is 66.0 Å². The average molecular weight is 344 g/mol. The van der Waals surface area contributed by atoms with E-state index < -0.39 is 11.9 Å². The van der Waals surface area contributed by atoms with Gasteiger partial charge < -0.3 is 9.26 Å². The minimum Gasteiger partial charge on any atom is -0.381 e. The number of thiophene rings is 1. The first kappa shape index (κ1) is 14.6. The number of rotatable bonds is 2. The zero-order valence-electron chi connectivity index (χ0n) is 11.9. The Balaban J connectivity index is 1.75. The zero-order valence-corrected chi connectivity index (χ0v) is 12.7. The molecule has 3 aromatic heterocycles. The molecule has 0 saturated carbocycles. The molecular weight excluding hydrogens is 333 g/mol. The van der Waals surface area contributed by atoms with E-state index in [-0.39, 0.29) is 17.2 Å². The fourth-order valence-corrected chi connectivity index (χ4v) is 3.59.